The van der Waals surface area contributed by atoms with Crippen LogP contribution >= 0.6 is 0 Å². The number of Topliss-reactive ketones (excluding diaryl/α,β-unsaturated/α-hetero) is 1. The number of carbonyl (C=O) groups is 1. The van der Waals surface area contributed by atoms with E-state index >= 15 is 0 Å². The predicted molar refractivity (Wildman–Crippen MR) is 52.9 cm³/mol. The number of hydrogen-bond donors (Lipinski definition) is 2. The van der Waals surface area contributed by atoms with Crippen molar-refractivity contribution in [1.82, 2.24) is 15.5 Å². The molecule has 2 N–H and O–H groups in total. The van der Waals surface area contributed by atoms with Gasteiger partial charge in [-0.05, 0) is 13.8 Å². The van der Waals surface area contributed by atoms with E-state index in [1.54, 1.807) is 6.20 Å². The highest BCUT2D eigenvalue weighted by Crippen LogP contribution is 2.24. The molecule has 1 aromatic rings. The monoisotopic (exact) mass is 193 g/mol. The molecule has 2 atom stereocenters. The number of aromatic amines is 1. The summed E-state index contributed by atoms with van der Waals surface area (Å²) in [6, 6.07) is 0.417. The highest BCUT2D eigenvalue weighted by Gasteiger charge is 2.26. The maximum Gasteiger partial charge on any atom is 0.136 e. The minimum Gasteiger partial charge on any atom is -0.306 e. The van der Waals surface area contributed by atoms with E-state index in [0.717, 1.165) is 11.3 Å². The lowest BCUT2D eigenvalue weighted by Gasteiger charge is -2.27. The third-order valence-corrected chi connectivity index (χ3v) is 2.70. The lowest BCUT2D eigenvalue weighted by atomic mass is 9.93. The molecule has 0 aromatic carbocycles. The van der Waals surface area contributed by atoms with Gasteiger partial charge in [0.15, 0.2) is 0 Å². The first-order valence-electron chi connectivity index (χ1n) is 4.94. The fourth-order valence-corrected chi connectivity index (χ4v) is 2.02. The quantitative estimate of drug-likeness (QED) is 0.702. The summed E-state index contributed by atoms with van der Waals surface area (Å²) in [5.41, 5.74) is 2.16. The van der Waals surface area contributed by atoms with E-state index in [2.05, 4.69) is 15.5 Å². The van der Waals surface area contributed by atoms with Gasteiger partial charge in [0, 0.05) is 36.2 Å². The van der Waals surface area contributed by atoms with Gasteiger partial charge >= 0.3 is 0 Å². The molecule has 2 heterocycles. The van der Waals surface area contributed by atoms with Crippen LogP contribution in [-0.2, 0) is 4.79 Å². The molecule has 2 unspecified atom stereocenters. The number of rotatable bonds is 1. The molecule has 0 amide bonds. The SMILES string of the molecule is Cc1[nH]ncc1C1CC(=O)CC(C)N1. The molecule has 1 aliphatic rings. The van der Waals surface area contributed by atoms with Crippen molar-refractivity contribution in [3.63, 3.8) is 0 Å². The van der Waals surface area contributed by atoms with Crippen molar-refractivity contribution in [3.05, 3.63) is 17.5 Å². The van der Waals surface area contributed by atoms with Crippen molar-refractivity contribution in [2.24, 2.45) is 0 Å². The van der Waals surface area contributed by atoms with E-state index in [0.29, 0.717) is 18.6 Å². The summed E-state index contributed by atoms with van der Waals surface area (Å²) in [5, 5.41) is 10.3. The van der Waals surface area contributed by atoms with E-state index in [4.69, 9.17) is 0 Å². The fraction of sp³-hybridized carbons (Fsp3) is 0.600. The zero-order chi connectivity index (χ0) is 10.1. The highest BCUT2D eigenvalue weighted by molar-refractivity contribution is 5.80. The minimum absolute atomic E-state index is 0.144. The van der Waals surface area contributed by atoms with Gasteiger partial charge in [-0.15, -0.1) is 0 Å². The summed E-state index contributed by atoms with van der Waals surface area (Å²) in [5.74, 6) is 0.335. The summed E-state index contributed by atoms with van der Waals surface area (Å²) in [7, 11) is 0. The summed E-state index contributed by atoms with van der Waals surface area (Å²) >= 11 is 0. The molecule has 1 fully saturated rings. The summed E-state index contributed by atoms with van der Waals surface area (Å²) in [6.07, 6.45) is 3.04. The van der Waals surface area contributed by atoms with E-state index < -0.39 is 0 Å². The van der Waals surface area contributed by atoms with Crippen LogP contribution in [0.4, 0.5) is 0 Å². The molecule has 0 bridgehead atoms. The van der Waals surface area contributed by atoms with Crippen LogP contribution < -0.4 is 5.32 Å². The number of aromatic nitrogens is 2. The van der Waals surface area contributed by atoms with Gasteiger partial charge in [0.1, 0.15) is 5.78 Å². The predicted octanol–water partition coefficient (Wildman–Crippen LogP) is 1.10. The smallest absolute Gasteiger partial charge is 0.136 e. The molecule has 76 valence electrons. The molecule has 4 nitrogen and oxygen atoms in total. The van der Waals surface area contributed by atoms with Gasteiger partial charge in [0.2, 0.25) is 0 Å². The average molecular weight is 193 g/mol. The van der Waals surface area contributed by atoms with Gasteiger partial charge in [-0.2, -0.15) is 5.10 Å². The summed E-state index contributed by atoms with van der Waals surface area (Å²) in [6.45, 7) is 4.02. The number of nitrogens with zero attached hydrogens (tertiary/aromatic N) is 1. The minimum atomic E-state index is 0.144. The zero-order valence-corrected chi connectivity index (χ0v) is 8.50. The van der Waals surface area contributed by atoms with Crippen molar-refractivity contribution in [3.8, 4) is 0 Å². The van der Waals surface area contributed by atoms with Crippen LogP contribution in [0.15, 0.2) is 6.20 Å². The second-order valence-electron chi connectivity index (χ2n) is 4.02. The first-order valence-corrected chi connectivity index (χ1v) is 4.94. The number of hydrogen-bond acceptors (Lipinski definition) is 3. The largest absolute Gasteiger partial charge is 0.306 e. The number of aryl methyl sites for hydroxylation is 1. The van der Waals surface area contributed by atoms with E-state index in [-0.39, 0.29) is 12.1 Å². The van der Waals surface area contributed by atoms with E-state index in [9.17, 15) is 4.79 Å². The Morgan fingerprint density at radius 2 is 2.29 bits per heavy atom. The standard InChI is InChI=1S/C10H15N3O/c1-6-3-8(14)4-10(12-6)9-5-11-13-7(9)2/h5-6,10,12H,3-4H2,1-2H3,(H,11,13). The van der Waals surface area contributed by atoms with Crippen LogP contribution in [0.1, 0.15) is 37.1 Å². The van der Waals surface area contributed by atoms with Gasteiger partial charge in [-0.3, -0.25) is 9.89 Å². The maximum absolute atomic E-state index is 11.4. The van der Waals surface area contributed by atoms with Crippen LogP contribution in [0.25, 0.3) is 0 Å². The Labute approximate surface area is 83.1 Å². The maximum atomic E-state index is 11.4. The van der Waals surface area contributed by atoms with Crippen molar-refractivity contribution >= 4 is 5.78 Å². The second-order valence-corrected chi connectivity index (χ2v) is 4.02. The first kappa shape index (κ1) is 9.40. The molecule has 1 saturated heterocycles. The normalized spacial score (nSPS) is 28.0. The Balaban J connectivity index is 2.19. The van der Waals surface area contributed by atoms with Crippen LogP contribution in [0, 0.1) is 6.92 Å². The third-order valence-electron chi connectivity index (χ3n) is 2.70. The Kier molecular flexibility index (Phi) is 2.37. The molecule has 0 aliphatic carbocycles. The molecule has 14 heavy (non-hydrogen) atoms. The van der Waals surface area contributed by atoms with Crippen molar-refractivity contribution in [2.45, 2.75) is 38.8 Å². The molecule has 0 spiro atoms. The van der Waals surface area contributed by atoms with Gasteiger partial charge in [0.25, 0.3) is 0 Å². The molecule has 2 rings (SSSR count). The Bertz CT molecular complexity index is 345. The van der Waals surface area contributed by atoms with Gasteiger partial charge in [-0.25, -0.2) is 0 Å². The molecule has 1 aliphatic heterocycles. The van der Waals surface area contributed by atoms with Gasteiger partial charge in [0.05, 0.1) is 6.20 Å². The molecule has 1 aromatic heterocycles. The zero-order valence-electron chi connectivity index (χ0n) is 8.50. The third kappa shape index (κ3) is 1.70. The average Bonchev–Trinajstić information content (AvgIpc) is 2.49. The Morgan fingerprint density at radius 1 is 1.50 bits per heavy atom. The molecule has 0 radical (unpaired) electrons. The Hall–Kier alpha value is -1.16. The van der Waals surface area contributed by atoms with Crippen LogP contribution in [0.3, 0.4) is 0 Å². The van der Waals surface area contributed by atoms with Crippen molar-refractivity contribution in [2.75, 3.05) is 0 Å². The van der Waals surface area contributed by atoms with E-state index in [1.807, 2.05) is 13.8 Å². The topological polar surface area (TPSA) is 57.8 Å². The number of carbonyl (C=O) groups excluding carboxylic acids is 1. The molecule has 4 heteroatoms. The van der Waals surface area contributed by atoms with Crippen LogP contribution in [0.5, 0.6) is 0 Å². The number of H-pyrrole nitrogens is 1. The lowest BCUT2D eigenvalue weighted by molar-refractivity contribution is -0.121. The first-order chi connectivity index (χ1) is 6.66. The fourth-order valence-electron chi connectivity index (χ4n) is 2.02. The lowest BCUT2D eigenvalue weighted by Crippen LogP contribution is -2.38. The van der Waals surface area contributed by atoms with Crippen molar-refractivity contribution in [1.29, 1.82) is 0 Å². The number of ketones is 1. The Morgan fingerprint density at radius 3 is 2.86 bits per heavy atom. The van der Waals surface area contributed by atoms with Crippen molar-refractivity contribution < 1.29 is 4.79 Å². The second kappa shape index (κ2) is 3.53. The van der Waals surface area contributed by atoms with Gasteiger partial charge in [-0.1, -0.05) is 0 Å². The molecule has 0 saturated carbocycles. The number of nitrogens with one attached hydrogen (secondary N) is 2. The van der Waals surface area contributed by atoms with Gasteiger partial charge < -0.3 is 5.32 Å². The van der Waals surface area contributed by atoms with E-state index in [1.165, 1.54) is 0 Å². The number of piperidine rings is 1. The van der Waals surface area contributed by atoms with Crippen LogP contribution in [-0.4, -0.2) is 22.0 Å². The van der Waals surface area contributed by atoms with Crippen LogP contribution in [0.2, 0.25) is 0 Å². The highest BCUT2D eigenvalue weighted by atomic mass is 16.1. The molecular weight excluding hydrogens is 178 g/mol. The molecular formula is C10H15N3O. The summed E-state index contributed by atoms with van der Waals surface area (Å²) in [4.78, 5) is 11.4. The summed E-state index contributed by atoms with van der Waals surface area (Å²) < 4.78 is 0.